The molecule has 5 nitrogen and oxygen atoms in total. The van der Waals surface area contributed by atoms with Gasteiger partial charge in [0.25, 0.3) is 5.91 Å². The number of phenols is 1. The number of halogens is 1. The van der Waals surface area contributed by atoms with Crippen LogP contribution in [0.2, 0.25) is 0 Å². The van der Waals surface area contributed by atoms with Crippen LogP contribution < -0.4 is 5.32 Å². The van der Waals surface area contributed by atoms with Crippen molar-refractivity contribution in [2.24, 2.45) is 0 Å². The fourth-order valence-corrected chi connectivity index (χ4v) is 2.42. The molecule has 2 aromatic rings. The van der Waals surface area contributed by atoms with Crippen LogP contribution in [0.1, 0.15) is 20.7 Å². The van der Waals surface area contributed by atoms with E-state index in [0.29, 0.717) is 4.47 Å². The molecule has 0 spiro atoms. The Balaban J connectivity index is 2.23. The fourth-order valence-electron chi connectivity index (χ4n) is 1.40. The zero-order chi connectivity index (χ0) is 14.0. The molecule has 1 heterocycles. The van der Waals surface area contributed by atoms with Crippen molar-refractivity contribution in [3.63, 3.8) is 0 Å². The molecular formula is C12H8BrNO4S. The van der Waals surface area contributed by atoms with Gasteiger partial charge in [0.2, 0.25) is 0 Å². The van der Waals surface area contributed by atoms with Gasteiger partial charge >= 0.3 is 5.97 Å². The van der Waals surface area contributed by atoms with Gasteiger partial charge in [0.05, 0.1) is 10.0 Å². The number of carboxylic acid groups (broad SMARTS) is 1. The molecule has 0 fully saturated rings. The number of carboxylic acids is 1. The zero-order valence-corrected chi connectivity index (χ0v) is 11.8. The summed E-state index contributed by atoms with van der Waals surface area (Å²) in [4.78, 5) is 22.8. The Morgan fingerprint density at radius 2 is 2.00 bits per heavy atom. The minimum atomic E-state index is -1.10. The second-order valence-electron chi connectivity index (χ2n) is 3.59. The highest BCUT2D eigenvalue weighted by Crippen LogP contribution is 2.27. The highest BCUT2D eigenvalue weighted by molar-refractivity contribution is 9.10. The smallest absolute Gasteiger partial charge is 0.338 e. The molecule has 0 saturated heterocycles. The molecule has 0 aliphatic carbocycles. The van der Waals surface area contributed by atoms with Gasteiger partial charge in [-0.25, -0.2) is 4.79 Å². The second kappa shape index (κ2) is 5.41. The summed E-state index contributed by atoms with van der Waals surface area (Å²) in [6.45, 7) is 0. The number of hydrogen-bond acceptors (Lipinski definition) is 4. The van der Waals surface area contributed by atoms with E-state index in [-0.39, 0.29) is 21.9 Å². The number of nitrogens with one attached hydrogen (secondary N) is 1. The average molecular weight is 342 g/mol. The van der Waals surface area contributed by atoms with E-state index in [9.17, 15) is 14.7 Å². The van der Waals surface area contributed by atoms with Gasteiger partial charge < -0.3 is 15.5 Å². The van der Waals surface area contributed by atoms with Gasteiger partial charge in [-0.3, -0.25) is 4.79 Å². The fraction of sp³-hybridized carbons (Fsp3) is 0. The lowest BCUT2D eigenvalue weighted by Gasteiger charge is -2.05. The van der Waals surface area contributed by atoms with E-state index in [4.69, 9.17) is 5.11 Å². The Labute approximate surface area is 120 Å². The lowest BCUT2D eigenvalue weighted by Crippen LogP contribution is -2.13. The first-order valence-electron chi connectivity index (χ1n) is 5.09. The summed E-state index contributed by atoms with van der Waals surface area (Å²) >= 11 is 4.24. The van der Waals surface area contributed by atoms with E-state index in [0.717, 1.165) is 11.3 Å². The number of thiophene rings is 1. The van der Waals surface area contributed by atoms with Crippen molar-refractivity contribution < 1.29 is 19.8 Å². The summed E-state index contributed by atoms with van der Waals surface area (Å²) in [5, 5.41) is 22.8. The molecule has 1 aromatic heterocycles. The largest absolute Gasteiger partial charge is 0.507 e. The van der Waals surface area contributed by atoms with E-state index in [2.05, 4.69) is 21.2 Å². The van der Waals surface area contributed by atoms with Crippen molar-refractivity contribution >= 4 is 44.1 Å². The van der Waals surface area contributed by atoms with Crippen LogP contribution in [0.3, 0.4) is 0 Å². The van der Waals surface area contributed by atoms with Gasteiger partial charge in [-0.05, 0) is 45.6 Å². The SMILES string of the molecule is O=C(Nc1sccc1C(=O)O)c1ccc(Br)c(O)c1. The molecule has 0 bridgehead atoms. The number of amides is 1. The van der Waals surface area contributed by atoms with Crippen LogP contribution in [-0.2, 0) is 0 Å². The van der Waals surface area contributed by atoms with E-state index in [1.807, 2.05) is 0 Å². The molecule has 2 rings (SSSR count). The third kappa shape index (κ3) is 2.94. The summed E-state index contributed by atoms with van der Waals surface area (Å²) in [5.74, 6) is -1.64. The molecule has 0 radical (unpaired) electrons. The maximum atomic E-state index is 11.9. The standard InChI is InChI=1S/C12H8BrNO4S/c13-8-2-1-6(5-9(8)15)10(16)14-11-7(12(17)18)3-4-19-11/h1-5,15H,(H,14,16)(H,17,18). The van der Waals surface area contributed by atoms with Crippen molar-refractivity contribution in [3.8, 4) is 5.75 Å². The number of hydrogen-bond donors (Lipinski definition) is 3. The number of carbonyl (C=O) groups excluding carboxylic acids is 1. The van der Waals surface area contributed by atoms with Crippen molar-refractivity contribution in [1.29, 1.82) is 0 Å². The van der Waals surface area contributed by atoms with Crippen LogP contribution in [0.25, 0.3) is 0 Å². The molecule has 98 valence electrons. The highest BCUT2D eigenvalue weighted by atomic mass is 79.9. The number of rotatable bonds is 3. The quantitative estimate of drug-likeness (QED) is 0.800. The summed E-state index contributed by atoms with van der Waals surface area (Å²) in [6.07, 6.45) is 0. The van der Waals surface area contributed by atoms with Crippen LogP contribution in [0.15, 0.2) is 34.1 Å². The Bertz CT molecular complexity index is 653. The highest BCUT2D eigenvalue weighted by Gasteiger charge is 2.15. The Morgan fingerprint density at radius 1 is 1.26 bits per heavy atom. The van der Waals surface area contributed by atoms with Gasteiger partial charge in [-0.1, -0.05) is 0 Å². The normalized spacial score (nSPS) is 10.2. The zero-order valence-electron chi connectivity index (χ0n) is 9.38. The summed E-state index contributed by atoms with van der Waals surface area (Å²) in [6, 6.07) is 5.78. The third-order valence-corrected chi connectivity index (χ3v) is 3.83. The van der Waals surface area contributed by atoms with Crippen LogP contribution in [0.5, 0.6) is 5.75 Å². The van der Waals surface area contributed by atoms with Crippen LogP contribution >= 0.6 is 27.3 Å². The van der Waals surface area contributed by atoms with Crippen molar-refractivity contribution in [2.45, 2.75) is 0 Å². The first kappa shape index (κ1) is 13.6. The summed E-state index contributed by atoms with van der Waals surface area (Å²) in [5.41, 5.74) is 0.283. The molecule has 1 amide bonds. The number of anilines is 1. The minimum Gasteiger partial charge on any atom is -0.507 e. The maximum Gasteiger partial charge on any atom is 0.338 e. The van der Waals surface area contributed by atoms with E-state index < -0.39 is 11.9 Å². The van der Waals surface area contributed by atoms with Crippen LogP contribution in [-0.4, -0.2) is 22.1 Å². The number of aromatic carboxylic acids is 1. The molecule has 3 N–H and O–H groups in total. The summed E-state index contributed by atoms with van der Waals surface area (Å²) in [7, 11) is 0. The second-order valence-corrected chi connectivity index (χ2v) is 5.36. The monoisotopic (exact) mass is 341 g/mol. The average Bonchev–Trinajstić information content (AvgIpc) is 2.80. The van der Waals surface area contributed by atoms with Gasteiger partial charge in [0.1, 0.15) is 10.8 Å². The lowest BCUT2D eigenvalue weighted by molar-refractivity contribution is 0.0698. The molecule has 19 heavy (non-hydrogen) atoms. The third-order valence-electron chi connectivity index (χ3n) is 2.33. The predicted octanol–water partition coefficient (Wildman–Crippen LogP) is 3.17. The van der Waals surface area contributed by atoms with Gasteiger partial charge in [-0.15, -0.1) is 11.3 Å². The van der Waals surface area contributed by atoms with Gasteiger partial charge in [-0.2, -0.15) is 0 Å². The molecule has 0 atom stereocenters. The Kier molecular flexibility index (Phi) is 3.87. The molecular weight excluding hydrogens is 334 g/mol. The van der Waals surface area contributed by atoms with Crippen molar-refractivity contribution in [2.75, 3.05) is 5.32 Å². The molecule has 0 saturated carbocycles. The van der Waals surface area contributed by atoms with E-state index in [1.165, 1.54) is 24.3 Å². The van der Waals surface area contributed by atoms with Gasteiger partial charge in [0.15, 0.2) is 0 Å². The lowest BCUT2D eigenvalue weighted by atomic mass is 10.2. The molecule has 7 heteroatoms. The molecule has 0 aliphatic rings. The molecule has 0 unspecified atom stereocenters. The number of phenolic OH excluding ortho intramolecular Hbond substituents is 1. The summed E-state index contributed by atoms with van der Waals surface area (Å²) < 4.78 is 0.478. The number of benzene rings is 1. The Morgan fingerprint density at radius 3 is 2.63 bits per heavy atom. The van der Waals surface area contributed by atoms with Crippen molar-refractivity contribution in [3.05, 3.63) is 45.2 Å². The number of carbonyl (C=O) groups is 2. The van der Waals surface area contributed by atoms with E-state index >= 15 is 0 Å². The minimum absolute atomic E-state index is 0.0414. The maximum absolute atomic E-state index is 11.9. The van der Waals surface area contributed by atoms with Crippen LogP contribution in [0.4, 0.5) is 5.00 Å². The predicted molar refractivity (Wildman–Crippen MR) is 75.0 cm³/mol. The molecule has 1 aromatic carbocycles. The van der Waals surface area contributed by atoms with Crippen molar-refractivity contribution in [1.82, 2.24) is 0 Å². The van der Waals surface area contributed by atoms with Crippen LogP contribution in [0, 0.1) is 0 Å². The number of aromatic hydroxyl groups is 1. The first-order valence-corrected chi connectivity index (χ1v) is 6.77. The molecule has 0 aliphatic heterocycles. The van der Waals surface area contributed by atoms with Gasteiger partial charge in [0, 0.05) is 5.56 Å². The van der Waals surface area contributed by atoms with E-state index in [1.54, 1.807) is 5.38 Å². The first-order chi connectivity index (χ1) is 8.99. The topological polar surface area (TPSA) is 86.6 Å². The Hall–Kier alpha value is -1.86.